The molecule has 24 heavy (non-hydrogen) atoms. The number of amides is 1. The summed E-state index contributed by atoms with van der Waals surface area (Å²) in [4.78, 5) is 23.2. The summed E-state index contributed by atoms with van der Waals surface area (Å²) in [6, 6.07) is 8.48. The Morgan fingerprint density at radius 1 is 1.08 bits per heavy atom. The number of rotatable bonds is 10. The highest BCUT2D eigenvalue weighted by Crippen LogP contribution is 2.61. The molecule has 0 heterocycles. The summed E-state index contributed by atoms with van der Waals surface area (Å²) in [5.41, 5.74) is 0.170. The van der Waals surface area contributed by atoms with Crippen LogP contribution in [0.2, 0.25) is 0 Å². The van der Waals surface area contributed by atoms with Gasteiger partial charge in [-0.05, 0) is 26.3 Å². The van der Waals surface area contributed by atoms with E-state index in [0.717, 1.165) is 0 Å². The summed E-state index contributed by atoms with van der Waals surface area (Å²) in [5, 5.41) is 2.25. The summed E-state index contributed by atoms with van der Waals surface area (Å²) in [6.45, 7) is 5.24. The fourth-order valence-corrected chi connectivity index (χ4v) is 3.94. The van der Waals surface area contributed by atoms with Gasteiger partial charge in [0.1, 0.15) is 11.0 Å². The second-order valence-electron chi connectivity index (χ2n) is 4.41. The van der Waals surface area contributed by atoms with Crippen LogP contribution in [0.1, 0.15) is 26.3 Å². The van der Waals surface area contributed by atoms with Crippen LogP contribution < -0.4 is 5.32 Å². The number of esters is 1. The van der Waals surface area contributed by atoms with Crippen LogP contribution in [0, 0.1) is 0 Å². The Morgan fingerprint density at radius 3 is 2.12 bits per heavy atom. The smallest absolute Gasteiger partial charge is 0.364 e. The van der Waals surface area contributed by atoms with Crippen molar-refractivity contribution < 1.29 is 27.9 Å². The molecule has 0 aliphatic carbocycles. The lowest BCUT2D eigenvalue weighted by Crippen LogP contribution is -2.23. The van der Waals surface area contributed by atoms with Gasteiger partial charge in [0, 0.05) is 0 Å². The van der Waals surface area contributed by atoms with Gasteiger partial charge in [0.2, 0.25) is 6.41 Å². The molecule has 1 amide bonds. The molecule has 8 heteroatoms. The lowest BCUT2D eigenvalue weighted by molar-refractivity contribution is -0.139. The maximum absolute atomic E-state index is 13.3. The van der Waals surface area contributed by atoms with E-state index in [4.69, 9.17) is 13.8 Å². The molecule has 0 aliphatic rings. The van der Waals surface area contributed by atoms with E-state index in [1.165, 1.54) is 0 Å². The number of carbonyl (C=O) groups is 2. The van der Waals surface area contributed by atoms with Crippen molar-refractivity contribution in [2.24, 2.45) is 0 Å². The fourth-order valence-electron chi connectivity index (χ4n) is 2.03. The van der Waals surface area contributed by atoms with Crippen LogP contribution in [0.15, 0.2) is 36.0 Å². The number of benzene rings is 1. The average Bonchev–Trinajstić information content (AvgIpc) is 2.56. The van der Waals surface area contributed by atoms with E-state index in [-0.39, 0.29) is 30.8 Å². The van der Waals surface area contributed by atoms with Gasteiger partial charge in [0.25, 0.3) is 0 Å². The fraction of sp³-hybridized carbons (Fsp3) is 0.375. The minimum absolute atomic E-state index is 0.0302. The first kappa shape index (κ1) is 20.1. The average molecular weight is 355 g/mol. The summed E-state index contributed by atoms with van der Waals surface area (Å²) in [5.74, 6) is -0.817. The van der Waals surface area contributed by atoms with Crippen molar-refractivity contribution in [2.45, 2.75) is 20.8 Å². The van der Waals surface area contributed by atoms with Gasteiger partial charge in [-0.25, -0.2) is 4.79 Å². The highest BCUT2D eigenvalue weighted by molar-refractivity contribution is 7.65. The molecule has 0 aliphatic heterocycles. The van der Waals surface area contributed by atoms with Gasteiger partial charge in [-0.3, -0.25) is 9.36 Å². The lowest BCUT2D eigenvalue weighted by atomic mass is 10.2. The normalized spacial score (nSPS) is 12.3. The summed E-state index contributed by atoms with van der Waals surface area (Å²) < 4.78 is 28.9. The molecule has 0 saturated carbocycles. The van der Waals surface area contributed by atoms with Crippen LogP contribution in [0.3, 0.4) is 0 Å². The maximum Gasteiger partial charge on any atom is 0.364 e. The molecule has 0 saturated heterocycles. The Balaban J connectivity index is 3.67. The van der Waals surface area contributed by atoms with Gasteiger partial charge in [-0.2, -0.15) is 0 Å². The molecule has 0 radical (unpaired) electrons. The van der Waals surface area contributed by atoms with Crippen LogP contribution >= 0.6 is 7.60 Å². The molecule has 1 N–H and O–H groups in total. The van der Waals surface area contributed by atoms with Gasteiger partial charge in [0.05, 0.1) is 19.8 Å². The maximum atomic E-state index is 13.3. The molecule has 0 spiro atoms. The van der Waals surface area contributed by atoms with Crippen molar-refractivity contribution in [1.82, 2.24) is 5.32 Å². The van der Waals surface area contributed by atoms with Gasteiger partial charge >= 0.3 is 13.6 Å². The zero-order valence-corrected chi connectivity index (χ0v) is 14.9. The van der Waals surface area contributed by atoms with Crippen LogP contribution in [0.4, 0.5) is 0 Å². The predicted octanol–water partition coefficient (Wildman–Crippen LogP) is 2.93. The monoisotopic (exact) mass is 355 g/mol. The quantitative estimate of drug-likeness (QED) is 0.300. The van der Waals surface area contributed by atoms with Crippen molar-refractivity contribution in [2.75, 3.05) is 19.8 Å². The predicted molar refractivity (Wildman–Crippen MR) is 90.1 cm³/mol. The molecule has 0 atom stereocenters. The van der Waals surface area contributed by atoms with Crippen molar-refractivity contribution in [3.05, 3.63) is 41.6 Å². The molecule has 0 unspecified atom stereocenters. The van der Waals surface area contributed by atoms with Crippen LogP contribution in [-0.4, -0.2) is 32.2 Å². The molecule has 1 aromatic carbocycles. The number of hydrogen-bond acceptors (Lipinski definition) is 6. The minimum atomic E-state index is -3.86. The molecule has 0 aromatic heterocycles. The molecule has 0 bridgehead atoms. The third kappa shape index (κ3) is 5.03. The van der Waals surface area contributed by atoms with Crippen LogP contribution in [0.25, 0.3) is 5.31 Å². The van der Waals surface area contributed by atoms with Gasteiger partial charge < -0.3 is 19.1 Å². The molecule has 1 aromatic rings. The molecule has 0 fully saturated rings. The van der Waals surface area contributed by atoms with Crippen molar-refractivity contribution in [3.63, 3.8) is 0 Å². The first-order valence-corrected chi connectivity index (χ1v) is 9.14. The number of ether oxygens (including phenoxy) is 1. The van der Waals surface area contributed by atoms with Crippen LogP contribution in [-0.2, 0) is 27.9 Å². The van der Waals surface area contributed by atoms with E-state index in [1.54, 1.807) is 51.1 Å². The van der Waals surface area contributed by atoms with Crippen LogP contribution in [0.5, 0.6) is 0 Å². The summed E-state index contributed by atoms with van der Waals surface area (Å²) in [6.07, 6.45) is 0.317. The van der Waals surface area contributed by atoms with E-state index < -0.39 is 13.6 Å². The van der Waals surface area contributed by atoms with E-state index >= 15 is 0 Å². The standard InChI is InChI=1S/C16H22NO6P/c1-4-21-16(19)14(17-12-18)15(13-10-8-7-9-11-13)24(20,22-5-2)23-6-3/h7-12H,4-6H2,1-3H3,(H,17,18)/b15-14-. The number of nitrogens with one attached hydrogen (secondary N) is 1. The second-order valence-corrected chi connectivity index (χ2v) is 6.36. The minimum Gasteiger partial charge on any atom is -0.461 e. The Labute approximate surface area is 141 Å². The van der Waals surface area contributed by atoms with E-state index in [2.05, 4.69) is 5.32 Å². The molecule has 7 nitrogen and oxygen atoms in total. The lowest BCUT2D eigenvalue weighted by Gasteiger charge is -2.22. The topological polar surface area (TPSA) is 90.9 Å². The number of hydrogen-bond donors (Lipinski definition) is 1. The zero-order valence-electron chi connectivity index (χ0n) is 14.0. The van der Waals surface area contributed by atoms with Gasteiger partial charge in [-0.15, -0.1) is 0 Å². The van der Waals surface area contributed by atoms with Crippen molar-refractivity contribution in [1.29, 1.82) is 0 Å². The first-order chi connectivity index (χ1) is 11.5. The summed E-state index contributed by atoms with van der Waals surface area (Å²) >= 11 is 0. The highest BCUT2D eigenvalue weighted by Gasteiger charge is 2.36. The first-order valence-electron chi connectivity index (χ1n) is 7.60. The third-order valence-corrected chi connectivity index (χ3v) is 5.06. The van der Waals surface area contributed by atoms with Gasteiger partial charge in [-0.1, -0.05) is 30.3 Å². The Morgan fingerprint density at radius 2 is 1.67 bits per heavy atom. The highest BCUT2D eigenvalue weighted by atomic mass is 31.2. The van der Waals surface area contributed by atoms with Gasteiger partial charge in [0.15, 0.2) is 0 Å². The van der Waals surface area contributed by atoms with E-state index in [0.29, 0.717) is 12.0 Å². The second kappa shape index (κ2) is 10.0. The van der Waals surface area contributed by atoms with E-state index in [9.17, 15) is 14.2 Å². The third-order valence-electron chi connectivity index (χ3n) is 2.84. The summed E-state index contributed by atoms with van der Waals surface area (Å²) in [7, 11) is -3.86. The van der Waals surface area contributed by atoms with Crippen molar-refractivity contribution >= 4 is 25.3 Å². The Kier molecular flexibility index (Phi) is 8.40. The largest absolute Gasteiger partial charge is 0.461 e. The number of carbonyl (C=O) groups excluding carboxylic acids is 2. The molecule has 132 valence electrons. The molecular formula is C16H22NO6P. The van der Waals surface area contributed by atoms with E-state index in [1.807, 2.05) is 0 Å². The Hall–Kier alpha value is -1.95. The molecule has 1 rings (SSSR count). The van der Waals surface area contributed by atoms with Crippen molar-refractivity contribution in [3.8, 4) is 0 Å². The Bertz CT molecular complexity index is 619. The zero-order chi connectivity index (χ0) is 18.0. The SMILES string of the molecule is CCOC(=O)/C(NC=O)=C(\c1ccccc1)P(=O)(OCC)OCC. The molecular weight excluding hydrogens is 333 g/mol.